The van der Waals surface area contributed by atoms with Crippen LogP contribution in [0.15, 0.2) is 53.4 Å². The van der Waals surface area contributed by atoms with Crippen molar-refractivity contribution in [1.29, 1.82) is 0 Å². The van der Waals surface area contributed by atoms with Gasteiger partial charge in [-0.1, -0.05) is 23.7 Å². The third-order valence-corrected chi connectivity index (χ3v) is 6.34. The number of nitrogens with one attached hydrogen (secondary N) is 1. The Morgan fingerprint density at radius 2 is 2.00 bits per heavy atom. The molecule has 0 radical (unpaired) electrons. The van der Waals surface area contributed by atoms with Crippen molar-refractivity contribution >= 4 is 33.2 Å². The smallest absolute Gasteiger partial charge is 0.255 e. The lowest BCUT2D eigenvalue weighted by Gasteiger charge is -2.32. The van der Waals surface area contributed by atoms with Crippen LogP contribution in [-0.4, -0.2) is 44.4 Å². The molecule has 1 saturated heterocycles. The largest absolute Gasteiger partial charge is 0.378 e. The molecule has 1 N–H and O–H groups in total. The van der Waals surface area contributed by atoms with Crippen molar-refractivity contribution in [3.8, 4) is 0 Å². The highest BCUT2D eigenvalue weighted by Crippen LogP contribution is 2.23. The maximum Gasteiger partial charge on any atom is 0.255 e. The van der Waals surface area contributed by atoms with Crippen LogP contribution >= 0.6 is 11.6 Å². The molecule has 0 saturated carbocycles. The predicted octanol–water partition coefficient (Wildman–Crippen LogP) is 3.00. The van der Waals surface area contributed by atoms with Crippen LogP contribution in [0.1, 0.15) is 17.3 Å². The molecule has 1 amide bonds. The van der Waals surface area contributed by atoms with Crippen LogP contribution in [0, 0.1) is 0 Å². The number of amides is 1. The molecule has 3 rings (SSSR count). The fourth-order valence-corrected chi connectivity index (χ4v) is 4.61. The SMILES string of the molecule is CC1COCCN1S(=O)(=O)c1cccc(NC(=O)c2cccc(Cl)c2)c1. The third-order valence-electron chi connectivity index (χ3n) is 4.09. The highest BCUT2D eigenvalue weighted by molar-refractivity contribution is 7.89. The molecular formula is C18H19ClN2O4S. The number of rotatable bonds is 4. The molecule has 2 aromatic carbocycles. The lowest BCUT2D eigenvalue weighted by Crippen LogP contribution is -2.46. The minimum atomic E-state index is -3.66. The first kappa shape index (κ1) is 18.8. The van der Waals surface area contributed by atoms with E-state index in [9.17, 15) is 13.2 Å². The van der Waals surface area contributed by atoms with Gasteiger partial charge >= 0.3 is 0 Å². The summed E-state index contributed by atoms with van der Waals surface area (Å²) in [6, 6.07) is 12.5. The van der Waals surface area contributed by atoms with E-state index >= 15 is 0 Å². The molecule has 138 valence electrons. The summed E-state index contributed by atoms with van der Waals surface area (Å²) < 4.78 is 32.5. The molecule has 1 fully saturated rings. The second kappa shape index (κ2) is 7.75. The zero-order valence-electron chi connectivity index (χ0n) is 14.2. The molecule has 1 aliphatic rings. The van der Waals surface area contributed by atoms with Gasteiger partial charge < -0.3 is 10.1 Å². The van der Waals surface area contributed by atoms with Crippen molar-refractivity contribution in [3.63, 3.8) is 0 Å². The van der Waals surface area contributed by atoms with Gasteiger partial charge in [-0.15, -0.1) is 0 Å². The van der Waals surface area contributed by atoms with Gasteiger partial charge in [-0.05, 0) is 43.3 Å². The van der Waals surface area contributed by atoms with Gasteiger partial charge in [0.05, 0.1) is 18.1 Å². The van der Waals surface area contributed by atoms with Crippen LogP contribution in [0.25, 0.3) is 0 Å². The predicted molar refractivity (Wildman–Crippen MR) is 100 cm³/mol. The van der Waals surface area contributed by atoms with Crippen LogP contribution in [0.3, 0.4) is 0 Å². The van der Waals surface area contributed by atoms with E-state index in [-0.39, 0.29) is 16.8 Å². The normalized spacial score (nSPS) is 18.5. The molecule has 1 heterocycles. The molecule has 26 heavy (non-hydrogen) atoms. The van der Waals surface area contributed by atoms with Crippen LogP contribution in [0.4, 0.5) is 5.69 Å². The highest BCUT2D eigenvalue weighted by atomic mass is 35.5. The molecule has 2 aromatic rings. The van der Waals surface area contributed by atoms with Crippen LogP contribution in [0.5, 0.6) is 0 Å². The summed E-state index contributed by atoms with van der Waals surface area (Å²) in [5.74, 6) is -0.359. The summed E-state index contributed by atoms with van der Waals surface area (Å²) in [6.45, 7) is 2.85. The quantitative estimate of drug-likeness (QED) is 0.864. The standard InChI is InChI=1S/C18H19ClN2O4S/c1-13-12-25-9-8-21(13)26(23,24)17-7-3-6-16(11-17)20-18(22)14-4-2-5-15(19)10-14/h2-7,10-11,13H,8-9,12H2,1H3,(H,20,22). The van der Waals surface area contributed by atoms with Crippen molar-refractivity contribution < 1.29 is 17.9 Å². The fourth-order valence-electron chi connectivity index (χ4n) is 2.77. The van der Waals surface area contributed by atoms with Crippen molar-refractivity contribution in [3.05, 3.63) is 59.1 Å². The fraction of sp³-hybridized carbons (Fsp3) is 0.278. The Morgan fingerprint density at radius 3 is 2.73 bits per heavy atom. The summed E-state index contributed by atoms with van der Waals surface area (Å²) in [4.78, 5) is 12.5. The first-order valence-electron chi connectivity index (χ1n) is 8.14. The van der Waals surface area contributed by atoms with Gasteiger partial charge in [0.1, 0.15) is 0 Å². The second-order valence-corrected chi connectivity index (χ2v) is 8.36. The number of morpholine rings is 1. The van der Waals surface area contributed by atoms with Gasteiger partial charge in [-0.3, -0.25) is 4.79 Å². The van der Waals surface area contributed by atoms with Crippen LogP contribution in [-0.2, 0) is 14.8 Å². The molecule has 8 heteroatoms. The first-order chi connectivity index (χ1) is 12.4. The Bertz CT molecular complexity index is 917. The van der Waals surface area contributed by atoms with E-state index in [2.05, 4.69) is 5.32 Å². The van der Waals surface area contributed by atoms with Crippen molar-refractivity contribution in [1.82, 2.24) is 4.31 Å². The number of sulfonamides is 1. The lowest BCUT2D eigenvalue weighted by atomic mass is 10.2. The average molecular weight is 395 g/mol. The Morgan fingerprint density at radius 1 is 1.23 bits per heavy atom. The summed E-state index contributed by atoms with van der Waals surface area (Å²) in [5.41, 5.74) is 0.796. The number of ether oxygens (including phenoxy) is 1. The van der Waals surface area contributed by atoms with Gasteiger partial charge in [0.25, 0.3) is 5.91 Å². The molecule has 0 aliphatic carbocycles. The number of carbonyl (C=O) groups excluding carboxylic acids is 1. The van der Waals surface area contributed by atoms with E-state index < -0.39 is 10.0 Å². The average Bonchev–Trinajstić information content (AvgIpc) is 2.62. The summed E-state index contributed by atoms with van der Waals surface area (Å²) in [7, 11) is -3.66. The monoisotopic (exact) mass is 394 g/mol. The highest BCUT2D eigenvalue weighted by Gasteiger charge is 2.31. The number of carbonyl (C=O) groups is 1. The number of benzene rings is 2. The Hall–Kier alpha value is -1.93. The topological polar surface area (TPSA) is 75.7 Å². The van der Waals surface area contributed by atoms with Gasteiger partial charge in [0.15, 0.2) is 0 Å². The zero-order chi connectivity index (χ0) is 18.7. The summed E-state index contributed by atoms with van der Waals surface area (Å²) in [6.07, 6.45) is 0. The van der Waals surface area contributed by atoms with E-state index in [0.29, 0.717) is 36.0 Å². The number of anilines is 1. The van der Waals surface area contributed by atoms with E-state index in [1.807, 2.05) is 6.92 Å². The molecule has 1 unspecified atom stereocenters. The van der Waals surface area contributed by atoms with Gasteiger partial charge in [0.2, 0.25) is 10.0 Å². The minimum absolute atomic E-state index is 0.134. The van der Waals surface area contributed by atoms with Crippen LogP contribution < -0.4 is 5.32 Å². The van der Waals surface area contributed by atoms with Crippen molar-refractivity contribution in [2.24, 2.45) is 0 Å². The second-order valence-electron chi connectivity index (χ2n) is 6.03. The third kappa shape index (κ3) is 4.07. The molecular weight excluding hydrogens is 376 g/mol. The van der Waals surface area contributed by atoms with E-state index in [4.69, 9.17) is 16.3 Å². The van der Waals surface area contributed by atoms with Crippen molar-refractivity contribution in [2.75, 3.05) is 25.1 Å². The number of hydrogen-bond acceptors (Lipinski definition) is 4. The van der Waals surface area contributed by atoms with Gasteiger partial charge in [-0.25, -0.2) is 8.42 Å². The Kier molecular flexibility index (Phi) is 5.62. The number of halogens is 1. The summed E-state index contributed by atoms with van der Waals surface area (Å²) in [5, 5.41) is 3.16. The lowest BCUT2D eigenvalue weighted by molar-refractivity contribution is 0.0393. The minimum Gasteiger partial charge on any atom is -0.378 e. The van der Waals surface area contributed by atoms with E-state index in [0.717, 1.165) is 0 Å². The molecule has 0 aromatic heterocycles. The maximum atomic E-state index is 12.9. The van der Waals surface area contributed by atoms with E-state index in [1.54, 1.807) is 36.4 Å². The van der Waals surface area contributed by atoms with Gasteiger partial charge in [0, 0.05) is 28.9 Å². The Balaban J connectivity index is 1.83. The zero-order valence-corrected chi connectivity index (χ0v) is 15.8. The first-order valence-corrected chi connectivity index (χ1v) is 9.96. The van der Waals surface area contributed by atoms with Gasteiger partial charge in [-0.2, -0.15) is 4.31 Å². The number of hydrogen-bond donors (Lipinski definition) is 1. The molecule has 1 atom stereocenters. The maximum absolute atomic E-state index is 12.9. The molecule has 0 spiro atoms. The number of nitrogens with zero attached hydrogens (tertiary/aromatic N) is 1. The van der Waals surface area contributed by atoms with Crippen molar-refractivity contribution in [2.45, 2.75) is 17.9 Å². The Labute approximate surface area is 157 Å². The van der Waals surface area contributed by atoms with E-state index in [1.165, 1.54) is 16.4 Å². The molecule has 6 nitrogen and oxygen atoms in total. The molecule has 0 bridgehead atoms. The van der Waals surface area contributed by atoms with Crippen LogP contribution in [0.2, 0.25) is 5.02 Å². The molecule has 1 aliphatic heterocycles. The summed E-state index contributed by atoms with van der Waals surface area (Å²) >= 11 is 5.90.